The number of benzene rings is 2. The van der Waals surface area contributed by atoms with E-state index in [4.69, 9.17) is 28.9 Å². The maximum atomic E-state index is 12.2. The molecule has 0 heterocycles. The molecule has 0 aliphatic heterocycles. The average Bonchev–Trinajstić information content (AvgIpc) is 2.32. The van der Waals surface area contributed by atoms with Gasteiger partial charge in [-0.2, -0.15) is 0 Å². The molecule has 0 fully saturated rings. The number of carbonyl (C=O) groups is 1. The van der Waals surface area contributed by atoms with Gasteiger partial charge in [-0.25, -0.2) is 0 Å². The molecule has 5 heteroatoms. The average molecular weight is 295 g/mol. The molecule has 0 spiro atoms. The summed E-state index contributed by atoms with van der Waals surface area (Å²) in [6, 6.07) is 10.3. The maximum Gasteiger partial charge on any atom is 0.258 e. The second kappa shape index (κ2) is 5.51. The molecule has 0 bridgehead atoms. The number of nitrogen functional groups attached to an aromatic ring is 1. The van der Waals surface area contributed by atoms with Gasteiger partial charge in [0.15, 0.2) is 0 Å². The van der Waals surface area contributed by atoms with Gasteiger partial charge in [0.1, 0.15) is 0 Å². The van der Waals surface area contributed by atoms with Crippen molar-refractivity contribution >= 4 is 40.5 Å². The van der Waals surface area contributed by atoms with Crippen molar-refractivity contribution in [1.82, 2.24) is 0 Å². The highest BCUT2D eigenvalue weighted by Gasteiger charge is 2.15. The molecule has 98 valence electrons. The molecule has 1 amide bonds. The van der Waals surface area contributed by atoms with E-state index in [1.165, 1.54) is 0 Å². The molecule has 0 radical (unpaired) electrons. The van der Waals surface area contributed by atoms with Crippen LogP contribution in [0.4, 0.5) is 11.4 Å². The smallest absolute Gasteiger partial charge is 0.258 e. The van der Waals surface area contributed by atoms with Gasteiger partial charge >= 0.3 is 0 Å². The Kier molecular flexibility index (Phi) is 3.98. The summed E-state index contributed by atoms with van der Waals surface area (Å²) in [4.78, 5) is 12.2. The van der Waals surface area contributed by atoms with Crippen LogP contribution in [0.2, 0.25) is 10.0 Å². The molecule has 0 saturated carbocycles. The van der Waals surface area contributed by atoms with Crippen LogP contribution in [-0.4, -0.2) is 5.91 Å². The van der Waals surface area contributed by atoms with Crippen LogP contribution in [0.25, 0.3) is 0 Å². The minimum Gasteiger partial charge on any atom is -0.397 e. The topological polar surface area (TPSA) is 55.1 Å². The van der Waals surface area contributed by atoms with Gasteiger partial charge < -0.3 is 11.1 Å². The molecule has 2 aromatic rings. The van der Waals surface area contributed by atoms with E-state index in [9.17, 15) is 4.79 Å². The number of carbonyl (C=O) groups excluding carboxylic acids is 1. The number of anilines is 2. The summed E-state index contributed by atoms with van der Waals surface area (Å²) >= 11 is 12.0. The van der Waals surface area contributed by atoms with Crippen LogP contribution in [0.5, 0.6) is 0 Å². The van der Waals surface area contributed by atoms with E-state index in [0.29, 0.717) is 21.4 Å². The highest BCUT2D eigenvalue weighted by molar-refractivity contribution is 6.40. The molecular formula is C14H12Cl2N2O. The highest BCUT2D eigenvalue weighted by Crippen LogP contribution is 2.26. The third-order valence-corrected chi connectivity index (χ3v) is 3.28. The van der Waals surface area contributed by atoms with Crippen LogP contribution in [0.3, 0.4) is 0 Å². The minimum absolute atomic E-state index is 0.241. The Morgan fingerprint density at radius 1 is 1.16 bits per heavy atom. The number of hydrogen-bond donors (Lipinski definition) is 2. The fourth-order valence-corrected chi connectivity index (χ4v) is 2.26. The minimum atomic E-state index is -0.383. The first-order valence-corrected chi connectivity index (χ1v) is 6.36. The molecular weight excluding hydrogens is 283 g/mol. The van der Waals surface area contributed by atoms with Gasteiger partial charge in [0.05, 0.1) is 27.0 Å². The third kappa shape index (κ3) is 3.00. The van der Waals surface area contributed by atoms with Crippen LogP contribution in [0.1, 0.15) is 15.9 Å². The third-order valence-electron chi connectivity index (χ3n) is 2.65. The SMILES string of the molecule is Cc1ccc(NC(=O)c2c(Cl)cccc2Cl)c(N)c1. The monoisotopic (exact) mass is 294 g/mol. The van der Waals surface area contributed by atoms with E-state index in [1.807, 2.05) is 13.0 Å². The number of amides is 1. The molecule has 2 rings (SSSR count). The number of nitrogens with two attached hydrogens (primary N) is 1. The Hall–Kier alpha value is -1.71. The molecule has 19 heavy (non-hydrogen) atoms. The molecule has 0 aliphatic rings. The number of nitrogens with one attached hydrogen (secondary N) is 1. The maximum absolute atomic E-state index is 12.2. The Labute approximate surface area is 121 Å². The molecule has 3 N–H and O–H groups in total. The molecule has 0 aliphatic carbocycles. The van der Waals surface area contributed by atoms with Gasteiger partial charge in [-0.3, -0.25) is 4.79 Å². The first-order chi connectivity index (χ1) is 8.99. The van der Waals surface area contributed by atoms with Gasteiger partial charge in [-0.05, 0) is 36.8 Å². The second-order valence-corrected chi connectivity index (χ2v) is 4.96. The van der Waals surface area contributed by atoms with Crippen LogP contribution in [0.15, 0.2) is 36.4 Å². The lowest BCUT2D eigenvalue weighted by molar-refractivity contribution is 0.102. The number of hydrogen-bond acceptors (Lipinski definition) is 2. The first-order valence-electron chi connectivity index (χ1n) is 5.60. The van der Waals surface area contributed by atoms with Crippen molar-refractivity contribution in [1.29, 1.82) is 0 Å². The van der Waals surface area contributed by atoms with Crippen LogP contribution >= 0.6 is 23.2 Å². The van der Waals surface area contributed by atoms with E-state index in [1.54, 1.807) is 30.3 Å². The summed E-state index contributed by atoms with van der Waals surface area (Å²) in [5, 5.41) is 3.31. The fraction of sp³-hybridized carbons (Fsp3) is 0.0714. The fourth-order valence-electron chi connectivity index (χ4n) is 1.70. The molecule has 2 aromatic carbocycles. The Morgan fingerprint density at radius 2 is 1.79 bits per heavy atom. The number of aryl methyl sites for hydroxylation is 1. The largest absolute Gasteiger partial charge is 0.397 e. The molecule has 0 atom stereocenters. The van der Waals surface area contributed by atoms with Crippen molar-refractivity contribution in [3.63, 3.8) is 0 Å². The molecule has 0 aromatic heterocycles. The summed E-state index contributed by atoms with van der Waals surface area (Å²) < 4.78 is 0. The van der Waals surface area contributed by atoms with E-state index < -0.39 is 0 Å². The van der Waals surface area contributed by atoms with Crippen LogP contribution in [-0.2, 0) is 0 Å². The predicted octanol–water partition coefficient (Wildman–Crippen LogP) is 4.14. The Bertz CT molecular complexity index is 621. The van der Waals surface area contributed by atoms with E-state index in [-0.39, 0.29) is 11.5 Å². The van der Waals surface area contributed by atoms with E-state index >= 15 is 0 Å². The zero-order chi connectivity index (χ0) is 14.0. The van der Waals surface area contributed by atoms with Gasteiger partial charge in [0.25, 0.3) is 5.91 Å². The van der Waals surface area contributed by atoms with Crippen LogP contribution in [0, 0.1) is 6.92 Å². The summed E-state index contributed by atoms with van der Waals surface area (Å²) in [6.07, 6.45) is 0. The summed E-state index contributed by atoms with van der Waals surface area (Å²) in [7, 11) is 0. The zero-order valence-corrected chi connectivity index (χ0v) is 11.7. The van der Waals surface area contributed by atoms with Gasteiger partial charge in [-0.15, -0.1) is 0 Å². The normalized spacial score (nSPS) is 10.3. The second-order valence-electron chi connectivity index (χ2n) is 4.14. The lowest BCUT2D eigenvalue weighted by atomic mass is 10.1. The number of halogens is 2. The van der Waals surface area contributed by atoms with Gasteiger partial charge in [0.2, 0.25) is 0 Å². The summed E-state index contributed by atoms with van der Waals surface area (Å²) in [5.74, 6) is -0.383. The van der Waals surface area contributed by atoms with Crippen molar-refractivity contribution in [3.8, 4) is 0 Å². The van der Waals surface area contributed by atoms with E-state index in [0.717, 1.165) is 5.56 Å². The lowest BCUT2D eigenvalue weighted by Crippen LogP contribution is -2.14. The molecule has 0 saturated heterocycles. The van der Waals surface area contributed by atoms with Crippen molar-refractivity contribution in [3.05, 3.63) is 57.6 Å². The summed E-state index contributed by atoms with van der Waals surface area (Å²) in [5.41, 5.74) is 8.14. The lowest BCUT2D eigenvalue weighted by Gasteiger charge is -2.10. The summed E-state index contributed by atoms with van der Waals surface area (Å²) in [6.45, 7) is 1.92. The van der Waals surface area contributed by atoms with Crippen molar-refractivity contribution in [2.45, 2.75) is 6.92 Å². The highest BCUT2D eigenvalue weighted by atomic mass is 35.5. The van der Waals surface area contributed by atoms with Crippen molar-refractivity contribution < 1.29 is 4.79 Å². The molecule has 0 unspecified atom stereocenters. The van der Waals surface area contributed by atoms with E-state index in [2.05, 4.69) is 5.32 Å². The zero-order valence-electron chi connectivity index (χ0n) is 10.2. The van der Waals surface area contributed by atoms with Crippen molar-refractivity contribution in [2.24, 2.45) is 0 Å². The first kappa shape index (κ1) is 13.7. The Balaban J connectivity index is 2.31. The standard InChI is InChI=1S/C14H12Cl2N2O/c1-8-5-6-12(11(17)7-8)18-14(19)13-9(15)3-2-4-10(13)16/h2-7H,17H2,1H3,(H,18,19). The Morgan fingerprint density at radius 3 is 2.37 bits per heavy atom. The molecule has 3 nitrogen and oxygen atoms in total. The van der Waals surface area contributed by atoms with Crippen LogP contribution < -0.4 is 11.1 Å². The van der Waals surface area contributed by atoms with Gasteiger partial charge in [-0.1, -0.05) is 35.3 Å². The van der Waals surface area contributed by atoms with Crippen molar-refractivity contribution in [2.75, 3.05) is 11.1 Å². The van der Waals surface area contributed by atoms with Gasteiger partial charge in [0, 0.05) is 0 Å². The predicted molar refractivity (Wildman–Crippen MR) is 80.0 cm³/mol. The number of rotatable bonds is 2. The quantitative estimate of drug-likeness (QED) is 0.818.